The number of rotatable bonds is 5. The second-order valence-electron chi connectivity index (χ2n) is 4.58. The van der Waals surface area contributed by atoms with Gasteiger partial charge in [0.05, 0.1) is 10.3 Å². The minimum absolute atomic E-state index is 0.00808. The van der Waals surface area contributed by atoms with Crippen LogP contribution in [0.25, 0.3) is 0 Å². The van der Waals surface area contributed by atoms with Gasteiger partial charge < -0.3 is 15.2 Å². The summed E-state index contributed by atoms with van der Waals surface area (Å²) in [7, 11) is 0. The number of amides is 1. The summed E-state index contributed by atoms with van der Waals surface area (Å²) >= 11 is 0. The third-order valence-electron chi connectivity index (χ3n) is 3.14. The van der Waals surface area contributed by atoms with E-state index in [0.717, 1.165) is 0 Å². The molecule has 1 aliphatic rings. The molecule has 0 unspecified atom stereocenters. The van der Waals surface area contributed by atoms with E-state index in [9.17, 15) is 19.7 Å². The van der Waals surface area contributed by atoms with Crippen LogP contribution in [0.4, 0.5) is 10.5 Å². The van der Waals surface area contributed by atoms with Crippen molar-refractivity contribution in [3.05, 3.63) is 34.4 Å². The van der Waals surface area contributed by atoms with Gasteiger partial charge in [0, 0.05) is 18.7 Å². The first-order valence-corrected chi connectivity index (χ1v) is 5.86. The summed E-state index contributed by atoms with van der Waals surface area (Å²) in [4.78, 5) is 32.3. The molecule has 0 aliphatic heterocycles. The van der Waals surface area contributed by atoms with Gasteiger partial charge >= 0.3 is 12.1 Å². The lowest BCUT2D eigenvalue weighted by Crippen LogP contribution is -2.35. The van der Waals surface area contributed by atoms with Crippen LogP contribution in [0.2, 0.25) is 0 Å². The van der Waals surface area contributed by atoms with Crippen molar-refractivity contribution < 1.29 is 24.4 Å². The molecule has 1 amide bonds. The number of hydrogen-bond acceptors (Lipinski definition) is 5. The average molecular weight is 280 g/mol. The van der Waals surface area contributed by atoms with Crippen LogP contribution in [0, 0.1) is 15.5 Å². The summed E-state index contributed by atoms with van der Waals surface area (Å²) in [5.74, 6) is -0.790. The SMILES string of the molecule is O=C(NCC1(C(=O)O)CC1)Oc1ccc([N+](=O)[O-])cc1. The largest absolute Gasteiger partial charge is 0.481 e. The second kappa shape index (κ2) is 5.16. The molecule has 1 aliphatic carbocycles. The molecule has 0 saturated heterocycles. The van der Waals surface area contributed by atoms with E-state index in [1.807, 2.05) is 0 Å². The molecule has 0 radical (unpaired) electrons. The van der Waals surface area contributed by atoms with Gasteiger partial charge in [0.1, 0.15) is 5.75 Å². The summed E-state index contributed by atoms with van der Waals surface area (Å²) in [5, 5.41) is 21.8. The predicted octanol–water partition coefficient (Wildman–Crippen LogP) is 1.55. The Bertz CT molecular complexity index is 550. The van der Waals surface area contributed by atoms with Crippen LogP contribution in [0.5, 0.6) is 5.75 Å². The normalized spacial score (nSPS) is 15.2. The summed E-state index contributed by atoms with van der Waals surface area (Å²) < 4.78 is 4.89. The van der Waals surface area contributed by atoms with Gasteiger partial charge in [-0.25, -0.2) is 4.79 Å². The Labute approximate surface area is 113 Å². The number of nitro groups is 1. The standard InChI is InChI=1S/C12H12N2O6/c15-10(16)12(5-6-12)7-13-11(17)20-9-3-1-8(2-4-9)14(18)19/h1-4H,5-7H2,(H,13,17)(H,15,16). The van der Waals surface area contributed by atoms with Crippen LogP contribution in [-0.4, -0.2) is 28.6 Å². The Balaban J connectivity index is 1.85. The number of carbonyl (C=O) groups excluding carboxylic acids is 1. The number of aliphatic carboxylic acids is 1. The minimum atomic E-state index is -0.937. The molecule has 0 heterocycles. The molecular formula is C12H12N2O6. The van der Waals surface area contributed by atoms with Crippen molar-refractivity contribution in [2.24, 2.45) is 5.41 Å². The van der Waals surface area contributed by atoms with Gasteiger partial charge in [0.2, 0.25) is 0 Å². The predicted molar refractivity (Wildman–Crippen MR) is 66.4 cm³/mol. The molecule has 2 rings (SSSR count). The van der Waals surface area contributed by atoms with Crippen molar-refractivity contribution in [3.8, 4) is 5.75 Å². The highest BCUT2D eigenvalue weighted by Gasteiger charge is 2.50. The lowest BCUT2D eigenvalue weighted by atomic mass is 10.1. The lowest BCUT2D eigenvalue weighted by Gasteiger charge is -2.11. The fourth-order valence-corrected chi connectivity index (χ4v) is 1.64. The second-order valence-corrected chi connectivity index (χ2v) is 4.58. The third-order valence-corrected chi connectivity index (χ3v) is 3.14. The van der Waals surface area contributed by atoms with E-state index < -0.39 is 22.4 Å². The highest BCUT2D eigenvalue weighted by atomic mass is 16.6. The minimum Gasteiger partial charge on any atom is -0.481 e. The number of non-ortho nitro benzene ring substituents is 1. The van der Waals surface area contributed by atoms with E-state index in [1.54, 1.807) is 0 Å². The van der Waals surface area contributed by atoms with Crippen LogP contribution < -0.4 is 10.1 Å². The average Bonchev–Trinajstić information content (AvgIpc) is 3.18. The topological polar surface area (TPSA) is 119 Å². The molecule has 1 fully saturated rings. The molecule has 106 valence electrons. The number of carbonyl (C=O) groups is 2. The number of nitrogens with one attached hydrogen (secondary N) is 1. The van der Waals surface area contributed by atoms with Gasteiger partial charge in [0.25, 0.3) is 5.69 Å². The third kappa shape index (κ3) is 3.02. The van der Waals surface area contributed by atoms with Crippen molar-refractivity contribution in [2.45, 2.75) is 12.8 Å². The molecule has 0 spiro atoms. The fraction of sp³-hybridized carbons (Fsp3) is 0.333. The van der Waals surface area contributed by atoms with Gasteiger partial charge in [-0.3, -0.25) is 14.9 Å². The molecule has 2 N–H and O–H groups in total. The number of nitrogens with zero attached hydrogens (tertiary/aromatic N) is 1. The number of hydrogen-bond donors (Lipinski definition) is 2. The number of benzene rings is 1. The molecule has 1 aromatic rings. The molecule has 0 atom stereocenters. The summed E-state index contributed by atoms with van der Waals surface area (Å²) in [5.41, 5.74) is -0.977. The molecule has 0 aromatic heterocycles. The van der Waals surface area contributed by atoms with E-state index in [4.69, 9.17) is 9.84 Å². The number of ether oxygens (including phenoxy) is 1. The molecule has 0 bridgehead atoms. The summed E-state index contributed by atoms with van der Waals surface area (Å²) in [6, 6.07) is 5.01. The van der Waals surface area contributed by atoms with Crippen LogP contribution in [0.1, 0.15) is 12.8 Å². The molecule has 1 saturated carbocycles. The van der Waals surface area contributed by atoms with E-state index in [0.29, 0.717) is 12.8 Å². The smallest absolute Gasteiger partial charge is 0.412 e. The number of carboxylic acid groups (broad SMARTS) is 1. The summed E-state index contributed by atoms with van der Waals surface area (Å²) in [6.07, 6.45) is 0.270. The lowest BCUT2D eigenvalue weighted by molar-refractivity contribution is -0.384. The maximum absolute atomic E-state index is 11.5. The monoisotopic (exact) mass is 280 g/mol. The maximum atomic E-state index is 11.5. The Morgan fingerprint density at radius 3 is 2.40 bits per heavy atom. The van der Waals surface area contributed by atoms with Crippen molar-refractivity contribution in [3.63, 3.8) is 0 Å². The zero-order valence-corrected chi connectivity index (χ0v) is 10.4. The molecular weight excluding hydrogens is 268 g/mol. The van der Waals surface area contributed by atoms with Crippen LogP contribution in [-0.2, 0) is 4.79 Å². The molecule has 8 heteroatoms. The highest BCUT2D eigenvalue weighted by Crippen LogP contribution is 2.45. The Kier molecular flexibility index (Phi) is 3.55. The highest BCUT2D eigenvalue weighted by molar-refractivity contribution is 5.79. The van der Waals surface area contributed by atoms with Gasteiger partial charge in [-0.1, -0.05) is 0 Å². The van der Waals surface area contributed by atoms with E-state index in [2.05, 4.69) is 5.32 Å². The Morgan fingerprint density at radius 1 is 1.35 bits per heavy atom. The first-order chi connectivity index (χ1) is 9.43. The van der Waals surface area contributed by atoms with Gasteiger partial charge in [0.15, 0.2) is 0 Å². The quantitative estimate of drug-likeness (QED) is 0.623. The zero-order chi connectivity index (χ0) is 14.8. The summed E-state index contributed by atoms with van der Waals surface area (Å²) in [6.45, 7) is 0.00808. The van der Waals surface area contributed by atoms with Gasteiger partial charge in [-0.05, 0) is 25.0 Å². The van der Waals surface area contributed by atoms with Crippen molar-refractivity contribution in [1.82, 2.24) is 5.32 Å². The first-order valence-electron chi connectivity index (χ1n) is 5.86. The molecule has 20 heavy (non-hydrogen) atoms. The van der Waals surface area contributed by atoms with Gasteiger partial charge in [-0.15, -0.1) is 0 Å². The Morgan fingerprint density at radius 2 is 1.95 bits per heavy atom. The van der Waals surface area contributed by atoms with Crippen LogP contribution in [0.15, 0.2) is 24.3 Å². The number of nitro benzene ring substituents is 1. The van der Waals surface area contributed by atoms with Crippen LogP contribution >= 0.6 is 0 Å². The Hall–Kier alpha value is -2.64. The maximum Gasteiger partial charge on any atom is 0.412 e. The molecule has 1 aromatic carbocycles. The van der Waals surface area contributed by atoms with Crippen molar-refractivity contribution >= 4 is 17.7 Å². The first kappa shape index (κ1) is 13.8. The van der Waals surface area contributed by atoms with Gasteiger partial charge in [-0.2, -0.15) is 0 Å². The number of carboxylic acids is 1. The van der Waals surface area contributed by atoms with E-state index in [1.165, 1.54) is 24.3 Å². The fourth-order valence-electron chi connectivity index (χ4n) is 1.64. The van der Waals surface area contributed by atoms with E-state index in [-0.39, 0.29) is 18.0 Å². The van der Waals surface area contributed by atoms with Crippen molar-refractivity contribution in [1.29, 1.82) is 0 Å². The van der Waals surface area contributed by atoms with Crippen molar-refractivity contribution in [2.75, 3.05) is 6.54 Å². The van der Waals surface area contributed by atoms with E-state index >= 15 is 0 Å². The zero-order valence-electron chi connectivity index (χ0n) is 10.4. The molecule has 8 nitrogen and oxygen atoms in total. The van der Waals surface area contributed by atoms with Crippen LogP contribution in [0.3, 0.4) is 0 Å².